The van der Waals surface area contributed by atoms with E-state index in [0.29, 0.717) is 11.7 Å². The van der Waals surface area contributed by atoms with E-state index in [2.05, 4.69) is 33.9 Å². The van der Waals surface area contributed by atoms with Gasteiger partial charge in [0.25, 0.3) is 0 Å². The molecular formula is C12H20N4O. The van der Waals surface area contributed by atoms with Crippen molar-refractivity contribution < 1.29 is 5.11 Å². The van der Waals surface area contributed by atoms with Gasteiger partial charge in [-0.1, -0.05) is 0 Å². The van der Waals surface area contributed by atoms with Gasteiger partial charge in [-0.15, -0.1) is 0 Å². The molecule has 0 amide bonds. The van der Waals surface area contributed by atoms with E-state index in [1.807, 2.05) is 0 Å². The summed E-state index contributed by atoms with van der Waals surface area (Å²) in [5.74, 6) is 0.844. The van der Waals surface area contributed by atoms with Crippen LogP contribution in [0.2, 0.25) is 0 Å². The number of aliphatic hydroxyl groups excluding tert-OH is 1. The lowest BCUT2D eigenvalue weighted by atomic mass is 10.1. The maximum atomic E-state index is 9.07. The fourth-order valence-corrected chi connectivity index (χ4v) is 2.28. The van der Waals surface area contributed by atoms with Crippen LogP contribution in [0, 0.1) is 0 Å². The quantitative estimate of drug-likeness (QED) is 0.828. The van der Waals surface area contributed by atoms with Crippen LogP contribution >= 0.6 is 0 Å². The highest BCUT2D eigenvalue weighted by molar-refractivity contribution is 5.36. The summed E-state index contributed by atoms with van der Waals surface area (Å²) < 4.78 is 0. The minimum absolute atomic E-state index is 0.0563. The minimum atomic E-state index is -0.0563. The van der Waals surface area contributed by atoms with Gasteiger partial charge in [-0.05, 0) is 26.4 Å². The maximum absolute atomic E-state index is 9.07. The molecule has 0 spiro atoms. The second-order valence-corrected chi connectivity index (χ2v) is 4.70. The van der Waals surface area contributed by atoms with Crippen LogP contribution in [0.4, 0.5) is 5.82 Å². The van der Waals surface area contributed by atoms with Crippen molar-refractivity contribution in [2.75, 3.05) is 32.1 Å². The Hall–Kier alpha value is -1.20. The highest BCUT2D eigenvalue weighted by Gasteiger charge is 2.22. The van der Waals surface area contributed by atoms with Gasteiger partial charge in [-0.25, -0.2) is 4.98 Å². The van der Waals surface area contributed by atoms with E-state index in [4.69, 9.17) is 5.11 Å². The number of aromatic nitrogens is 2. The van der Waals surface area contributed by atoms with Gasteiger partial charge in [0.05, 0.1) is 24.7 Å². The van der Waals surface area contributed by atoms with Crippen molar-refractivity contribution in [2.24, 2.45) is 0 Å². The van der Waals surface area contributed by atoms with Crippen LogP contribution in [0.3, 0.4) is 0 Å². The van der Waals surface area contributed by atoms with E-state index in [1.165, 1.54) is 19.4 Å². The third-order valence-corrected chi connectivity index (χ3v) is 3.34. The van der Waals surface area contributed by atoms with Crippen molar-refractivity contribution in [3.63, 3.8) is 0 Å². The first-order chi connectivity index (χ1) is 8.20. The van der Waals surface area contributed by atoms with Crippen LogP contribution in [0.1, 0.15) is 18.5 Å². The molecule has 5 nitrogen and oxygen atoms in total. The molecule has 1 aliphatic rings. The van der Waals surface area contributed by atoms with Crippen LogP contribution in [0.15, 0.2) is 12.4 Å². The monoisotopic (exact) mass is 236 g/mol. The summed E-state index contributed by atoms with van der Waals surface area (Å²) in [5, 5.41) is 9.07. The Morgan fingerprint density at radius 3 is 3.06 bits per heavy atom. The number of likely N-dealkylation sites (tertiary alicyclic amines) is 1. The van der Waals surface area contributed by atoms with E-state index < -0.39 is 0 Å². The van der Waals surface area contributed by atoms with Gasteiger partial charge in [-0.3, -0.25) is 4.98 Å². The number of hydrogen-bond donors (Lipinski definition) is 1. The van der Waals surface area contributed by atoms with Gasteiger partial charge in [0.2, 0.25) is 0 Å². The number of piperidine rings is 1. The van der Waals surface area contributed by atoms with E-state index in [-0.39, 0.29) is 6.61 Å². The van der Waals surface area contributed by atoms with Gasteiger partial charge in [0, 0.05) is 19.6 Å². The molecule has 0 aliphatic carbocycles. The molecule has 0 saturated carbocycles. The molecule has 1 aliphatic heterocycles. The Labute approximate surface area is 102 Å². The largest absolute Gasteiger partial charge is 0.390 e. The van der Waals surface area contributed by atoms with Gasteiger partial charge in [0.15, 0.2) is 0 Å². The van der Waals surface area contributed by atoms with Gasteiger partial charge in [-0.2, -0.15) is 0 Å². The number of rotatable bonds is 3. The van der Waals surface area contributed by atoms with Crippen LogP contribution in [-0.4, -0.2) is 53.2 Å². The second-order valence-electron chi connectivity index (χ2n) is 4.70. The van der Waals surface area contributed by atoms with E-state index in [0.717, 1.165) is 12.4 Å². The molecule has 0 radical (unpaired) electrons. The third-order valence-electron chi connectivity index (χ3n) is 3.34. The van der Waals surface area contributed by atoms with Gasteiger partial charge in [0.1, 0.15) is 5.82 Å². The fraction of sp³-hybridized carbons (Fsp3) is 0.667. The molecule has 1 aromatic heterocycles. The Balaban J connectivity index is 2.09. The molecule has 1 fully saturated rings. The van der Waals surface area contributed by atoms with Crippen LogP contribution in [0.5, 0.6) is 0 Å². The van der Waals surface area contributed by atoms with E-state index in [1.54, 1.807) is 12.4 Å². The summed E-state index contributed by atoms with van der Waals surface area (Å²) in [6.07, 6.45) is 5.77. The molecule has 0 aromatic carbocycles. The average Bonchev–Trinajstić information content (AvgIpc) is 2.38. The number of aliphatic hydroxyl groups is 1. The number of nitrogens with zero attached hydrogens (tertiary/aromatic N) is 4. The highest BCUT2D eigenvalue weighted by atomic mass is 16.3. The molecule has 94 valence electrons. The lowest BCUT2D eigenvalue weighted by Crippen LogP contribution is -2.45. The second kappa shape index (κ2) is 5.42. The molecule has 2 heterocycles. The number of likely N-dealkylation sites (N-methyl/N-ethyl adjacent to an activating group) is 2. The predicted octanol–water partition coefficient (Wildman–Crippen LogP) is 0.499. The van der Waals surface area contributed by atoms with Crippen LogP contribution < -0.4 is 4.90 Å². The summed E-state index contributed by atoms with van der Waals surface area (Å²) in [6.45, 7) is 2.17. The van der Waals surface area contributed by atoms with Crippen molar-refractivity contribution in [1.82, 2.24) is 14.9 Å². The van der Waals surface area contributed by atoms with Crippen LogP contribution in [-0.2, 0) is 6.61 Å². The lowest BCUT2D eigenvalue weighted by Gasteiger charge is -2.36. The molecule has 17 heavy (non-hydrogen) atoms. The first-order valence-corrected chi connectivity index (χ1v) is 6.04. The topological polar surface area (TPSA) is 52.5 Å². The molecule has 5 heteroatoms. The number of anilines is 1. The zero-order valence-corrected chi connectivity index (χ0v) is 10.5. The Kier molecular flexibility index (Phi) is 3.91. The number of hydrogen-bond acceptors (Lipinski definition) is 5. The Morgan fingerprint density at radius 2 is 2.35 bits per heavy atom. The summed E-state index contributed by atoms with van der Waals surface area (Å²) in [5.41, 5.74) is 0.624. The first kappa shape index (κ1) is 12.3. The molecule has 1 saturated heterocycles. The smallest absolute Gasteiger partial charge is 0.147 e. The summed E-state index contributed by atoms with van der Waals surface area (Å²) in [4.78, 5) is 13.0. The summed E-state index contributed by atoms with van der Waals surface area (Å²) in [7, 11) is 4.20. The highest BCUT2D eigenvalue weighted by Crippen LogP contribution is 2.18. The lowest BCUT2D eigenvalue weighted by molar-refractivity contribution is 0.247. The van der Waals surface area contributed by atoms with Gasteiger partial charge < -0.3 is 14.9 Å². The predicted molar refractivity (Wildman–Crippen MR) is 66.9 cm³/mol. The molecule has 1 N–H and O–H groups in total. The van der Waals surface area contributed by atoms with Crippen molar-refractivity contribution in [3.05, 3.63) is 18.1 Å². The normalized spacial score (nSPS) is 21.5. The Morgan fingerprint density at radius 1 is 1.53 bits per heavy atom. The van der Waals surface area contributed by atoms with Crippen molar-refractivity contribution in [3.8, 4) is 0 Å². The van der Waals surface area contributed by atoms with Crippen molar-refractivity contribution in [1.29, 1.82) is 0 Å². The van der Waals surface area contributed by atoms with Gasteiger partial charge >= 0.3 is 0 Å². The Bertz CT molecular complexity index is 371. The standard InChI is InChI=1S/C12H20N4O/c1-15-5-3-4-11(8-15)16(2)12-7-13-6-10(9-17)14-12/h6-7,11,17H,3-5,8-9H2,1-2H3. The zero-order chi connectivity index (χ0) is 12.3. The summed E-state index contributed by atoms with van der Waals surface area (Å²) in [6, 6.07) is 0.483. The van der Waals surface area contributed by atoms with Crippen molar-refractivity contribution in [2.45, 2.75) is 25.5 Å². The average molecular weight is 236 g/mol. The van der Waals surface area contributed by atoms with E-state index in [9.17, 15) is 0 Å². The minimum Gasteiger partial charge on any atom is -0.390 e. The molecule has 0 bridgehead atoms. The summed E-state index contributed by atoms with van der Waals surface area (Å²) >= 11 is 0. The zero-order valence-electron chi connectivity index (χ0n) is 10.5. The van der Waals surface area contributed by atoms with Crippen molar-refractivity contribution >= 4 is 5.82 Å². The molecule has 1 aromatic rings. The van der Waals surface area contributed by atoms with E-state index >= 15 is 0 Å². The SMILES string of the molecule is CN1CCCC(N(C)c2cncc(CO)n2)C1. The maximum Gasteiger partial charge on any atom is 0.147 e. The molecule has 1 unspecified atom stereocenters. The van der Waals surface area contributed by atoms with Crippen LogP contribution in [0.25, 0.3) is 0 Å². The molecule has 1 atom stereocenters. The fourth-order valence-electron chi connectivity index (χ4n) is 2.28. The third kappa shape index (κ3) is 2.92. The molecule has 2 rings (SSSR count). The first-order valence-electron chi connectivity index (χ1n) is 6.04. The molecular weight excluding hydrogens is 216 g/mol.